The van der Waals surface area contributed by atoms with Gasteiger partial charge in [0.25, 0.3) is 5.91 Å². The Morgan fingerprint density at radius 2 is 1.79 bits per heavy atom. The number of carbonyl (C=O) groups is 1. The summed E-state index contributed by atoms with van der Waals surface area (Å²) in [5.41, 5.74) is 3.70. The molecule has 1 aromatic heterocycles. The number of likely N-dealkylation sites (N-methyl/N-ethyl adjacent to an activating group) is 1. The van der Waals surface area contributed by atoms with E-state index in [9.17, 15) is 17.6 Å². The smallest absolute Gasteiger partial charge is 0.259 e. The molecule has 0 saturated carbocycles. The van der Waals surface area contributed by atoms with Crippen molar-refractivity contribution < 1.29 is 17.6 Å². The SMILES string of the molecule is CN1CCN(c2ccc(C(=O)Nc3n[nH]c4ccc(Cc5cccc(F)c5)cc34)c(NS(C)(=O)=O)c2)CC1. The van der Waals surface area contributed by atoms with Gasteiger partial charge in [-0.05, 0) is 67.1 Å². The lowest BCUT2D eigenvalue weighted by atomic mass is 10.0. The van der Waals surface area contributed by atoms with Gasteiger partial charge in [0.15, 0.2) is 5.82 Å². The molecular weight excluding hydrogens is 507 g/mol. The fourth-order valence-corrected chi connectivity index (χ4v) is 5.17. The van der Waals surface area contributed by atoms with E-state index >= 15 is 0 Å². The standard InChI is InChI=1S/C27H29FN6O3S/c1-33-10-12-34(13-11-33)21-7-8-22(25(17-21)32-38(2,36)37)27(35)29-26-23-16-19(6-9-24(23)30-31-26)14-18-4-3-5-20(28)15-18/h3-9,15-17,32H,10-14H2,1-2H3,(H2,29,30,31,35). The summed E-state index contributed by atoms with van der Waals surface area (Å²) < 4.78 is 40.3. The zero-order chi connectivity index (χ0) is 26.9. The third-order valence-corrected chi connectivity index (χ3v) is 7.16. The minimum Gasteiger partial charge on any atom is -0.369 e. The summed E-state index contributed by atoms with van der Waals surface area (Å²) in [4.78, 5) is 17.7. The summed E-state index contributed by atoms with van der Waals surface area (Å²) in [6.07, 6.45) is 1.57. The topological polar surface area (TPSA) is 110 Å². The van der Waals surface area contributed by atoms with E-state index in [4.69, 9.17) is 0 Å². The molecule has 2 heterocycles. The van der Waals surface area contributed by atoms with Gasteiger partial charge in [0, 0.05) is 37.3 Å². The average molecular weight is 537 g/mol. The molecule has 0 aliphatic carbocycles. The Morgan fingerprint density at radius 3 is 2.53 bits per heavy atom. The number of sulfonamides is 1. The largest absolute Gasteiger partial charge is 0.369 e. The Hall–Kier alpha value is -3.96. The summed E-state index contributed by atoms with van der Waals surface area (Å²) in [7, 11) is -1.57. The molecule has 3 N–H and O–H groups in total. The Labute approximate surface area is 220 Å². The first-order valence-corrected chi connectivity index (χ1v) is 14.1. The van der Waals surface area contributed by atoms with Crippen LogP contribution in [0.3, 0.4) is 0 Å². The number of anilines is 3. The van der Waals surface area contributed by atoms with Crippen molar-refractivity contribution in [3.63, 3.8) is 0 Å². The highest BCUT2D eigenvalue weighted by Gasteiger charge is 2.20. The van der Waals surface area contributed by atoms with Crippen molar-refractivity contribution in [2.24, 2.45) is 0 Å². The van der Waals surface area contributed by atoms with Crippen molar-refractivity contribution >= 4 is 44.0 Å². The van der Waals surface area contributed by atoms with E-state index in [0.29, 0.717) is 17.6 Å². The molecule has 1 amide bonds. The van der Waals surface area contributed by atoms with Crippen molar-refractivity contribution in [2.75, 3.05) is 54.4 Å². The second-order valence-corrected chi connectivity index (χ2v) is 11.4. The molecule has 9 nitrogen and oxygen atoms in total. The lowest BCUT2D eigenvalue weighted by molar-refractivity contribution is 0.102. The van der Waals surface area contributed by atoms with Crippen LogP contribution in [0.2, 0.25) is 0 Å². The predicted octanol–water partition coefficient (Wildman–Crippen LogP) is 3.67. The predicted molar refractivity (Wildman–Crippen MR) is 148 cm³/mol. The maximum absolute atomic E-state index is 13.6. The van der Waals surface area contributed by atoms with E-state index in [-0.39, 0.29) is 17.1 Å². The fraction of sp³-hybridized carbons (Fsp3) is 0.259. The third kappa shape index (κ3) is 5.95. The summed E-state index contributed by atoms with van der Waals surface area (Å²) in [6, 6.07) is 17.2. The van der Waals surface area contributed by atoms with Gasteiger partial charge in [0.1, 0.15) is 5.82 Å². The maximum Gasteiger partial charge on any atom is 0.259 e. The number of nitrogens with one attached hydrogen (secondary N) is 3. The van der Waals surface area contributed by atoms with Gasteiger partial charge in [-0.3, -0.25) is 14.6 Å². The molecule has 1 aliphatic rings. The van der Waals surface area contributed by atoms with Crippen LogP contribution in [0.5, 0.6) is 0 Å². The first-order chi connectivity index (χ1) is 18.1. The van der Waals surface area contributed by atoms with E-state index in [1.54, 1.807) is 18.2 Å². The first-order valence-electron chi connectivity index (χ1n) is 12.2. The van der Waals surface area contributed by atoms with Crippen LogP contribution in [0, 0.1) is 5.82 Å². The number of amides is 1. The number of benzene rings is 3. The van der Waals surface area contributed by atoms with Crippen molar-refractivity contribution in [2.45, 2.75) is 6.42 Å². The minimum atomic E-state index is -3.63. The summed E-state index contributed by atoms with van der Waals surface area (Å²) in [5, 5.41) is 10.7. The number of aromatic nitrogens is 2. The molecule has 1 fully saturated rings. The molecule has 5 rings (SSSR count). The number of piperazine rings is 1. The first kappa shape index (κ1) is 25.7. The molecule has 0 unspecified atom stereocenters. The molecule has 1 aliphatic heterocycles. The molecule has 4 aromatic rings. The quantitative estimate of drug-likeness (QED) is 0.333. The molecular formula is C27H29FN6O3S. The number of rotatable bonds is 7. The van der Waals surface area contributed by atoms with Crippen LogP contribution in [-0.4, -0.2) is 68.9 Å². The summed E-state index contributed by atoms with van der Waals surface area (Å²) in [5.74, 6) is -0.471. The van der Waals surface area contributed by atoms with Gasteiger partial charge in [-0.25, -0.2) is 12.8 Å². The van der Waals surface area contributed by atoms with Crippen LogP contribution in [0.25, 0.3) is 10.9 Å². The average Bonchev–Trinajstić information content (AvgIpc) is 3.25. The molecule has 11 heteroatoms. The van der Waals surface area contributed by atoms with Crippen LogP contribution < -0.4 is 14.9 Å². The second-order valence-electron chi connectivity index (χ2n) is 9.61. The van der Waals surface area contributed by atoms with Crippen molar-refractivity contribution in [1.82, 2.24) is 15.1 Å². The fourth-order valence-electron chi connectivity index (χ4n) is 4.60. The van der Waals surface area contributed by atoms with Gasteiger partial charge in [-0.1, -0.05) is 18.2 Å². The third-order valence-electron chi connectivity index (χ3n) is 6.57. The molecule has 1 saturated heterocycles. The lowest BCUT2D eigenvalue weighted by Gasteiger charge is -2.34. The van der Waals surface area contributed by atoms with E-state index in [2.05, 4.69) is 37.1 Å². The lowest BCUT2D eigenvalue weighted by Crippen LogP contribution is -2.44. The van der Waals surface area contributed by atoms with E-state index in [1.807, 2.05) is 30.3 Å². The molecule has 0 bridgehead atoms. The van der Waals surface area contributed by atoms with Crippen LogP contribution in [0.15, 0.2) is 60.7 Å². The number of hydrogen-bond acceptors (Lipinski definition) is 6. The van der Waals surface area contributed by atoms with Crippen LogP contribution in [0.1, 0.15) is 21.5 Å². The minimum absolute atomic E-state index is 0.181. The molecule has 0 atom stereocenters. The zero-order valence-electron chi connectivity index (χ0n) is 21.2. The maximum atomic E-state index is 13.6. The van der Waals surface area contributed by atoms with Crippen molar-refractivity contribution in [3.8, 4) is 0 Å². The highest BCUT2D eigenvalue weighted by atomic mass is 32.2. The van der Waals surface area contributed by atoms with E-state index in [0.717, 1.165) is 54.8 Å². The zero-order valence-corrected chi connectivity index (χ0v) is 22.0. The van der Waals surface area contributed by atoms with Crippen molar-refractivity contribution in [3.05, 3.63) is 83.2 Å². The Balaban J connectivity index is 1.41. The highest BCUT2D eigenvalue weighted by Crippen LogP contribution is 2.28. The monoisotopic (exact) mass is 536 g/mol. The number of halogens is 1. The number of carbonyl (C=O) groups excluding carboxylic acids is 1. The Kier molecular flexibility index (Phi) is 7.04. The molecule has 38 heavy (non-hydrogen) atoms. The molecule has 198 valence electrons. The number of fused-ring (bicyclic) bond motifs is 1. The highest BCUT2D eigenvalue weighted by molar-refractivity contribution is 7.92. The Bertz CT molecular complexity index is 1600. The van der Waals surface area contributed by atoms with Gasteiger partial charge in [-0.2, -0.15) is 5.10 Å². The molecule has 0 radical (unpaired) electrons. The van der Waals surface area contributed by atoms with Gasteiger partial charge >= 0.3 is 0 Å². The normalized spacial score (nSPS) is 14.6. The summed E-state index contributed by atoms with van der Waals surface area (Å²) >= 11 is 0. The summed E-state index contributed by atoms with van der Waals surface area (Å²) in [6.45, 7) is 3.39. The van der Waals surface area contributed by atoms with Crippen molar-refractivity contribution in [1.29, 1.82) is 0 Å². The molecule has 3 aromatic carbocycles. The van der Waals surface area contributed by atoms with Crippen LogP contribution in [-0.2, 0) is 16.4 Å². The second kappa shape index (κ2) is 10.4. The van der Waals surface area contributed by atoms with Gasteiger partial charge in [0.05, 0.1) is 23.0 Å². The van der Waals surface area contributed by atoms with E-state index < -0.39 is 15.9 Å². The van der Waals surface area contributed by atoms with E-state index in [1.165, 1.54) is 12.1 Å². The van der Waals surface area contributed by atoms with Gasteiger partial charge < -0.3 is 15.1 Å². The van der Waals surface area contributed by atoms with Gasteiger partial charge in [-0.15, -0.1) is 0 Å². The van der Waals surface area contributed by atoms with Gasteiger partial charge in [0.2, 0.25) is 10.0 Å². The van der Waals surface area contributed by atoms with Crippen LogP contribution in [0.4, 0.5) is 21.6 Å². The number of nitrogens with zero attached hydrogens (tertiary/aromatic N) is 3. The number of aromatic amines is 1. The number of H-pyrrole nitrogens is 1. The number of hydrogen-bond donors (Lipinski definition) is 3. The Morgan fingerprint density at radius 1 is 1.03 bits per heavy atom. The van der Waals surface area contributed by atoms with Crippen LogP contribution >= 0.6 is 0 Å². The molecule has 0 spiro atoms.